The Labute approximate surface area is 103 Å². The zero-order valence-corrected chi connectivity index (χ0v) is 10.4. The summed E-state index contributed by atoms with van der Waals surface area (Å²) in [6.45, 7) is 0. The largest absolute Gasteiger partial charge is 0.386 e. The lowest BCUT2D eigenvalue weighted by atomic mass is 10.1. The van der Waals surface area contributed by atoms with Gasteiger partial charge >= 0.3 is 0 Å². The van der Waals surface area contributed by atoms with Crippen LogP contribution in [-0.4, -0.2) is 19.9 Å². The number of hydrogen-bond acceptors (Lipinski definition) is 4. The van der Waals surface area contributed by atoms with Crippen LogP contribution < -0.4 is 0 Å². The van der Waals surface area contributed by atoms with E-state index in [2.05, 4.69) is 10.1 Å². The topological polar surface area (TPSA) is 50.9 Å². The van der Waals surface area contributed by atoms with Gasteiger partial charge < -0.3 is 5.11 Å². The highest BCUT2D eigenvalue weighted by molar-refractivity contribution is 7.15. The maximum Gasteiger partial charge on any atom is 0.123 e. The Kier molecular flexibility index (Phi) is 3.58. The van der Waals surface area contributed by atoms with Gasteiger partial charge in [0, 0.05) is 18.9 Å². The molecule has 0 aliphatic rings. The van der Waals surface area contributed by atoms with Gasteiger partial charge in [0.1, 0.15) is 15.4 Å². The first-order valence-electron chi connectivity index (χ1n) is 4.93. The Morgan fingerprint density at radius 2 is 2.44 bits per heavy atom. The van der Waals surface area contributed by atoms with Crippen molar-refractivity contribution in [1.29, 1.82) is 0 Å². The van der Waals surface area contributed by atoms with Crippen LogP contribution in [0.25, 0.3) is 0 Å². The van der Waals surface area contributed by atoms with Crippen LogP contribution in [0, 0.1) is 0 Å². The number of aliphatic hydroxyl groups is 1. The second-order valence-corrected chi connectivity index (χ2v) is 5.20. The zero-order valence-electron chi connectivity index (χ0n) is 8.80. The highest BCUT2D eigenvalue weighted by atomic mass is 35.5. The fraction of sp³-hybridized carbons (Fsp3) is 0.400. The third-order valence-corrected chi connectivity index (χ3v) is 3.59. The van der Waals surface area contributed by atoms with Crippen molar-refractivity contribution in [2.45, 2.75) is 18.9 Å². The summed E-state index contributed by atoms with van der Waals surface area (Å²) in [6.07, 6.45) is 4.17. The summed E-state index contributed by atoms with van der Waals surface area (Å²) >= 11 is 7.08. The van der Waals surface area contributed by atoms with E-state index in [1.807, 2.05) is 17.8 Å². The van der Waals surface area contributed by atoms with E-state index in [1.165, 1.54) is 11.3 Å². The van der Waals surface area contributed by atoms with Gasteiger partial charge in [0.25, 0.3) is 0 Å². The van der Waals surface area contributed by atoms with E-state index in [-0.39, 0.29) is 0 Å². The molecule has 0 aliphatic carbocycles. The van der Waals surface area contributed by atoms with Gasteiger partial charge in [-0.15, -0.1) is 11.3 Å². The van der Waals surface area contributed by atoms with Crippen LogP contribution in [-0.2, 0) is 13.5 Å². The van der Waals surface area contributed by atoms with Gasteiger partial charge in [-0.1, -0.05) is 11.6 Å². The van der Waals surface area contributed by atoms with Gasteiger partial charge in [-0.05, 0) is 18.9 Å². The molecule has 6 heteroatoms. The second-order valence-electron chi connectivity index (χ2n) is 3.50. The third kappa shape index (κ3) is 2.61. The SMILES string of the molecule is Cn1nccc1CCC(O)c1ncc(Cl)s1. The van der Waals surface area contributed by atoms with Gasteiger partial charge in [0.05, 0.1) is 6.20 Å². The van der Waals surface area contributed by atoms with E-state index in [1.54, 1.807) is 12.4 Å². The van der Waals surface area contributed by atoms with Crippen molar-refractivity contribution in [2.75, 3.05) is 0 Å². The summed E-state index contributed by atoms with van der Waals surface area (Å²) in [7, 11) is 1.89. The normalized spacial score (nSPS) is 12.9. The molecular formula is C10H12ClN3OS. The molecule has 1 N–H and O–H groups in total. The molecule has 0 spiro atoms. The van der Waals surface area contributed by atoms with Gasteiger partial charge in [-0.2, -0.15) is 5.10 Å². The maximum atomic E-state index is 9.88. The lowest BCUT2D eigenvalue weighted by Gasteiger charge is -2.07. The second kappa shape index (κ2) is 4.95. The third-order valence-electron chi connectivity index (χ3n) is 2.38. The lowest BCUT2D eigenvalue weighted by molar-refractivity contribution is 0.166. The fourth-order valence-electron chi connectivity index (χ4n) is 1.48. The zero-order chi connectivity index (χ0) is 11.5. The highest BCUT2D eigenvalue weighted by Gasteiger charge is 2.12. The summed E-state index contributed by atoms with van der Waals surface area (Å²) in [6, 6.07) is 1.95. The van der Waals surface area contributed by atoms with E-state index >= 15 is 0 Å². The van der Waals surface area contributed by atoms with Crippen molar-refractivity contribution in [3.63, 3.8) is 0 Å². The minimum atomic E-state index is -0.549. The molecule has 16 heavy (non-hydrogen) atoms. The van der Waals surface area contributed by atoms with Crippen LogP contribution >= 0.6 is 22.9 Å². The number of thiazole rings is 1. The summed E-state index contributed by atoms with van der Waals surface area (Å²) in [5.74, 6) is 0. The monoisotopic (exact) mass is 257 g/mol. The first kappa shape index (κ1) is 11.6. The average Bonchev–Trinajstić information content (AvgIpc) is 2.84. The Hall–Kier alpha value is -0.910. The summed E-state index contributed by atoms with van der Waals surface area (Å²) in [5, 5.41) is 14.6. The van der Waals surface area contributed by atoms with Crippen molar-refractivity contribution < 1.29 is 5.11 Å². The number of aliphatic hydroxyl groups excluding tert-OH is 1. The van der Waals surface area contributed by atoms with E-state index in [9.17, 15) is 5.11 Å². The quantitative estimate of drug-likeness (QED) is 0.914. The standard InChI is InChI=1S/C10H12ClN3OS/c1-14-7(4-5-13-14)2-3-8(15)10-12-6-9(11)16-10/h4-6,8,15H,2-3H2,1H3. The first-order valence-corrected chi connectivity index (χ1v) is 6.12. The van der Waals surface area contributed by atoms with Crippen molar-refractivity contribution in [2.24, 2.45) is 7.05 Å². The van der Waals surface area contributed by atoms with E-state index < -0.39 is 6.10 Å². The molecule has 2 heterocycles. The van der Waals surface area contributed by atoms with Crippen molar-refractivity contribution >= 4 is 22.9 Å². The molecule has 0 radical (unpaired) electrons. The number of aromatic nitrogens is 3. The van der Waals surface area contributed by atoms with E-state index in [4.69, 9.17) is 11.6 Å². The molecule has 0 saturated carbocycles. The van der Waals surface area contributed by atoms with Gasteiger partial charge in [0.15, 0.2) is 0 Å². The summed E-state index contributed by atoms with van der Waals surface area (Å²) in [5.41, 5.74) is 1.10. The van der Waals surface area contributed by atoms with E-state index in [0.29, 0.717) is 15.8 Å². The Bertz CT molecular complexity index is 468. The fourth-order valence-corrected chi connectivity index (χ4v) is 2.43. The number of hydrogen-bond donors (Lipinski definition) is 1. The van der Waals surface area contributed by atoms with Crippen LogP contribution in [0.1, 0.15) is 23.2 Å². The van der Waals surface area contributed by atoms with Gasteiger partial charge in [-0.25, -0.2) is 4.98 Å². The maximum absolute atomic E-state index is 9.88. The molecule has 0 aliphatic heterocycles. The van der Waals surface area contributed by atoms with Crippen LogP contribution in [0.2, 0.25) is 4.34 Å². The summed E-state index contributed by atoms with van der Waals surface area (Å²) < 4.78 is 2.41. The molecule has 86 valence electrons. The summed E-state index contributed by atoms with van der Waals surface area (Å²) in [4.78, 5) is 4.05. The predicted octanol–water partition coefficient (Wildman–Crippen LogP) is 2.20. The first-order chi connectivity index (χ1) is 7.66. The minimum absolute atomic E-state index is 0.549. The molecule has 2 aromatic heterocycles. The van der Waals surface area contributed by atoms with Crippen molar-refractivity contribution in [1.82, 2.24) is 14.8 Å². The lowest BCUT2D eigenvalue weighted by Crippen LogP contribution is -2.03. The number of rotatable bonds is 4. The average molecular weight is 258 g/mol. The smallest absolute Gasteiger partial charge is 0.123 e. The Morgan fingerprint density at radius 3 is 3.00 bits per heavy atom. The molecule has 1 unspecified atom stereocenters. The minimum Gasteiger partial charge on any atom is -0.386 e. The number of halogens is 1. The predicted molar refractivity (Wildman–Crippen MR) is 63.6 cm³/mol. The molecule has 0 amide bonds. The van der Waals surface area contributed by atoms with Crippen molar-refractivity contribution in [3.8, 4) is 0 Å². The molecule has 0 saturated heterocycles. The highest BCUT2D eigenvalue weighted by Crippen LogP contribution is 2.26. The van der Waals surface area contributed by atoms with Gasteiger partial charge in [0.2, 0.25) is 0 Å². The Morgan fingerprint density at radius 1 is 1.62 bits per heavy atom. The van der Waals surface area contributed by atoms with E-state index in [0.717, 1.165) is 12.1 Å². The number of nitrogens with zero attached hydrogens (tertiary/aromatic N) is 3. The molecule has 2 aromatic rings. The molecule has 1 atom stereocenters. The van der Waals surface area contributed by atoms with Crippen LogP contribution in [0.5, 0.6) is 0 Å². The number of aryl methyl sites for hydroxylation is 2. The molecular weight excluding hydrogens is 246 g/mol. The molecule has 2 rings (SSSR count). The van der Waals surface area contributed by atoms with Crippen LogP contribution in [0.3, 0.4) is 0 Å². The van der Waals surface area contributed by atoms with Crippen molar-refractivity contribution in [3.05, 3.63) is 33.5 Å². The molecule has 4 nitrogen and oxygen atoms in total. The van der Waals surface area contributed by atoms with Gasteiger partial charge in [-0.3, -0.25) is 4.68 Å². The van der Waals surface area contributed by atoms with Crippen LogP contribution in [0.4, 0.5) is 0 Å². The molecule has 0 fully saturated rings. The molecule has 0 bridgehead atoms. The Balaban J connectivity index is 1.93. The van der Waals surface area contributed by atoms with Crippen LogP contribution in [0.15, 0.2) is 18.5 Å². The molecule has 0 aromatic carbocycles.